The molecule has 2 amide bonds. The molecule has 43 heavy (non-hydrogen) atoms. The zero-order valence-electron chi connectivity index (χ0n) is 23.9. The Morgan fingerprint density at radius 3 is 2.58 bits per heavy atom. The standard InChI is InChI=1S/C32H31N5O5S/c1-23(38)36(16-12-24-7-4-14-34-21-24)37(31-13-15-35(32(31)39)22-26-6-3-5-25(17-26)20-33)43(40,41)30-11-9-27-8-10-29(42-2)18-28(27)19-30/h3-11,14,17-19,21,31H,12-13,15-16,22H2,1-2H3/t31-/m0/s1. The van der Waals surface area contributed by atoms with Crippen molar-refractivity contribution >= 4 is 32.6 Å². The first-order valence-electron chi connectivity index (χ1n) is 13.8. The molecular formula is C32H31N5O5S. The average Bonchev–Trinajstić information content (AvgIpc) is 3.37. The van der Waals surface area contributed by atoms with Gasteiger partial charge in [0.05, 0.1) is 23.6 Å². The van der Waals surface area contributed by atoms with E-state index in [4.69, 9.17) is 4.74 Å². The number of nitriles is 1. The first-order chi connectivity index (χ1) is 20.7. The van der Waals surface area contributed by atoms with Gasteiger partial charge in [0.2, 0.25) is 11.8 Å². The van der Waals surface area contributed by atoms with Crippen LogP contribution in [-0.2, 0) is 32.6 Å². The second-order valence-corrected chi connectivity index (χ2v) is 12.1. The quantitative estimate of drug-likeness (QED) is 0.254. The summed E-state index contributed by atoms with van der Waals surface area (Å²) in [5.74, 6) is -0.355. The number of carbonyl (C=O) groups excluding carboxylic acids is 2. The fourth-order valence-electron chi connectivity index (χ4n) is 5.28. The fourth-order valence-corrected chi connectivity index (χ4v) is 7.00. The molecule has 1 atom stereocenters. The number of fused-ring (bicyclic) bond motifs is 1. The number of likely N-dealkylation sites (tertiary alicyclic amines) is 1. The van der Waals surface area contributed by atoms with Crippen LogP contribution in [0.4, 0.5) is 0 Å². The highest BCUT2D eigenvalue weighted by Crippen LogP contribution is 2.31. The summed E-state index contributed by atoms with van der Waals surface area (Å²) in [5.41, 5.74) is 2.04. The van der Waals surface area contributed by atoms with Crippen LogP contribution in [0.25, 0.3) is 10.8 Å². The molecule has 0 unspecified atom stereocenters. The van der Waals surface area contributed by atoms with Crippen LogP contribution in [0.15, 0.2) is 90.1 Å². The molecule has 0 N–H and O–H groups in total. The molecule has 11 heteroatoms. The highest BCUT2D eigenvalue weighted by molar-refractivity contribution is 7.89. The van der Waals surface area contributed by atoms with Crippen LogP contribution in [0.5, 0.6) is 5.75 Å². The minimum absolute atomic E-state index is 0.0235. The third kappa shape index (κ3) is 6.35. The number of aromatic nitrogens is 1. The molecule has 4 aromatic rings. The molecule has 1 aliphatic rings. The van der Waals surface area contributed by atoms with E-state index in [2.05, 4.69) is 11.1 Å². The van der Waals surface area contributed by atoms with Gasteiger partial charge in [0.1, 0.15) is 11.8 Å². The van der Waals surface area contributed by atoms with Crippen LogP contribution in [0, 0.1) is 11.3 Å². The lowest BCUT2D eigenvalue weighted by Gasteiger charge is -2.36. The van der Waals surface area contributed by atoms with Crippen molar-refractivity contribution in [2.45, 2.75) is 37.2 Å². The van der Waals surface area contributed by atoms with Crippen molar-refractivity contribution in [1.29, 1.82) is 5.26 Å². The molecule has 220 valence electrons. The number of ether oxygens (including phenoxy) is 1. The Morgan fingerprint density at radius 2 is 1.86 bits per heavy atom. The van der Waals surface area contributed by atoms with Crippen molar-refractivity contribution in [3.63, 3.8) is 0 Å². The molecule has 10 nitrogen and oxygen atoms in total. The zero-order chi connectivity index (χ0) is 30.6. The normalized spacial score (nSPS) is 15.1. The van der Waals surface area contributed by atoms with E-state index in [1.165, 1.54) is 26.2 Å². The Kier molecular flexibility index (Phi) is 8.71. The second kappa shape index (κ2) is 12.6. The number of hydrogen-bond acceptors (Lipinski definition) is 7. The number of hydrazine groups is 1. The predicted octanol–water partition coefficient (Wildman–Crippen LogP) is 3.91. The number of nitrogens with zero attached hydrogens (tertiary/aromatic N) is 5. The summed E-state index contributed by atoms with van der Waals surface area (Å²) in [6, 6.07) is 21.6. The Morgan fingerprint density at radius 1 is 1.07 bits per heavy atom. The largest absolute Gasteiger partial charge is 0.497 e. The maximum atomic E-state index is 14.5. The van der Waals surface area contributed by atoms with Crippen molar-refractivity contribution < 1.29 is 22.7 Å². The summed E-state index contributed by atoms with van der Waals surface area (Å²) in [6.07, 6.45) is 3.81. The van der Waals surface area contributed by atoms with Gasteiger partial charge in [0, 0.05) is 39.0 Å². The number of carbonyl (C=O) groups is 2. The molecule has 3 aromatic carbocycles. The van der Waals surface area contributed by atoms with Gasteiger partial charge in [-0.25, -0.2) is 8.42 Å². The third-order valence-corrected chi connectivity index (χ3v) is 9.26. The second-order valence-electron chi connectivity index (χ2n) is 10.3. The molecule has 0 bridgehead atoms. The Balaban J connectivity index is 1.53. The van der Waals surface area contributed by atoms with Gasteiger partial charge in [0.25, 0.3) is 10.0 Å². The van der Waals surface area contributed by atoms with Crippen molar-refractivity contribution in [3.8, 4) is 11.8 Å². The topological polar surface area (TPSA) is 124 Å². The average molecular weight is 598 g/mol. The van der Waals surface area contributed by atoms with Crippen LogP contribution in [-0.4, -0.2) is 65.8 Å². The molecule has 1 fully saturated rings. The number of methoxy groups -OCH3 is 1. The number of pyridine rings is 1. The summed E-state index contributed by atoms with van der Waals surface area (Å²) in [5, 5.41) is 11.9. The number of sulfonamides is 1. The van der Waals surface area contributed by atoms with Gasteiger partial charge in [-0.05, 0) is 77.2 Å². The van der Waals surface area contributed by atoms with Gasteiger partial charge in [-0.1, -0.05) is 34.7 Å². The lowest BCUT2D eigenvalue weighted by molar-refractivity contribution is -0.146. The van der Waals surface area contributed by atoms with E-state index in [0.29, 0.717) is 23.1 Å². The highest BCUT2D eigenvalue weighted by Gasteiger charge is 2.46. The molecule has 2 heterocycles. The van der Waals surface area contributed by atoms with Crippen LogP contribution in [0.2, 0.25) is 0 Å². The minimum Gasteiger partial charge on any atom is -0.497 e. The first kappa shape index (κ1) is 29.7. The van der Waals surface area contributed by atoms with Gasteiger partial charge >= 0.3 is 0 Å². The van der Waals surface area contributed by atoms with Gasteiger partial charge in [-0.15, -0.1) is 0 Å². The van der Waals surface area contributed by atoms with E-state index in [0.717, 1.165) is 25.9 Å². The molecule has 1 aliphatic heterocycles. The zero-order valence-corrected chi connectivity index (χ0v) is 24.7. The van der Waals surface area contributed by atoms with E-state index < -0.39 is 27.9 Å². The molecule has 1 saturated heterocycles. The van der Waals surface area contributed by atoms with Crippen molar-refractivity contribution in [2.24, 2.45) is 0 Å². The van der Waals surface area contributed by atoms with E-state index in [1.807, 2.05) is 18.2 Å². The van der Waals surface area contributed by atoms with Crippen LogP contribution in [0.1, 0.15) is 30.0 Å². The summed E-state index contributed by atoms with van der Waals surface area (Å²) < 4.78 is 35.2. The maximum Gasteiger partial charge on any atom is 0.260 e. The van der Waals surface area contributed by atoms with E-state index >= 15 is 0 Å². The van der Waals surface area contributed by atoms with Gasteiger partial charge in [-0.3, -0.25) is 19.6 Å². The predicted molar refractivity (Wildman–Crippen MR) is 160 cm³/mol. The fraction of sp³-hybridized carbons (Fsp3) is 0.250. The summed E-state index contributed by atoms with van der Waals surface area (Å²) in [7, 11) is -2.86. The minimum atomic E-state index is -4.39. The van der Waals surface area contributed by atoms with Crippen LogP contribution >= 0.6 is 0 Å². The SMILES string of the molecule is COc1ccc2ccc(S(=O)(=O)N([C@H]3CCN(Cc4cccc(C#N)c4)C3=O)N(CCc3cccnc3)C(C)=O)cc2c1. The Labute approximate surface area is 250 Å². The molecular weight excluding hydrogens is 566 g/mol. The number of benzene rings is 3. The molecule has 5 rings (SSSR count). The van der Waals surface area contributed by atoms with Gasteiger partial charge < -0.3 is 9.64 Å². The third-order valence-electron chi connectivity index (χ3n) is 7.46. The molecule has 0 spiro atoms. The van der Waals surface area contributed by atoms with Crippen LogP contribution in [0.3, 0.4) is 0 Å². The summed E-state index contributed by atoms with van der Waals surface area (Å²) in [4.78, 5) is 32.6. The molecule has 0 radical (unpaired) electrons. The van der Waals surface area contributed by atoms with E-state index in [9.17, 15) is 23.3 Å². The molecule has 0 saturated carbocycles. The number of hydrogen-bond donors (Lipinski definition) is 0. The summed E-state index contributed by atoms with van der Waals surface area (Å²) in [6.45, 7) is 1.82. The smallest absolute Gasteiger partial charge is 0.260 e. The molecule has 0 aliphatic carbocycles. The maximum absolute atomic E-state index is 14.5. The van der Waals surface area contributed by atoms with Crippen molar-refractivity contribution in [3.05, 3.63) is 102 Å². The van der Waals surface area contributed by atoms with Gasteiger partial charge in [0.15, 0.2) is 0 Å². The van der Waals surface area contributed by atoms with E-state index in [1.54, 1.807) is 59.8 Å². The van der Waals surface area contributed by atoms with Crippen molar-refractivity contribution in [2.75, 3.05) is 20.2 Å². The highest BCUT2D eigenvalue weighted by atomic mass is 32.2. The Bertz CT molecular complexity index is 1810. The van der Waals surface area contributed by atoms with Crippen molar-refractivity contribution in [1.82, 2.24) is 19.3 Å². The number of amides is 2. The Hall–Kier alpha value is -4.79. The first-order valence-corrected chi connectivity index (χ1v) is 15.2. The summed E-state index contributed by atoms with van der Waals surface area (Å²) >= 11 is 0. The van der Waals surface area contributed by atoms with Crippen LogP contribution < -0.4 is 4.74 Å². The van der Waals surface area contributed by atoms with E-state index in [-0.39, 0.29) is 31.0 Å². The lowest BCUT2D eigenvalue weighted by atomic mass is 10.1. The van der Waals surface area contributed by atoms with Gasteiger partial charge in [-0.2, -0.15) is 5.26 Å². The number of rotatable bonds is 10. The lowest BCUT2D eigenvalue weighted by Crippen LogP contribution is -2.56. The molecule has 1 aromatic heterocycles. The monoisotopic (exact) mass is 597 g/mol.